The lowest BCUT2D eigenvalue weighted by Crippen LogP contribution is -2.43. The van der Waals surface area contributed by atoms with Gasteiger partial charge in [-0.1, -0.05) is 35.7 Å². The summed E-state index contributed by atoms with van der Waals surface area (Å²) in [5.41, 5.74) is 6.95. The summed E-state index contributed by atoms with van der Waals surface area (Å²) in [6.07, 6.45) is 3.73. The number of piperidine rings is 1. The topological polar surface area (TPSA) is 29.3 Å². The Hall–Kier alpha value is 0.01000. The van der Waals surface area contributed by atoms with Gasteiger partial charge in [0.15, 0.2) is 0 Å². The number of halogens is 3. The van der Waals surface area contributed by atoms with E-state index >= 15 is 0 Å². The Balaban J connectivity index is 0.00000162. The SMILES string of the molecule is Cl.NCC1CCCCN1Cc1ccc(Cl)cc1Cl. The summed E-state index contributed by atoms with van der Waals surface area (Å²) in [5, 5.41) is 1.44. The second kappa shape index (κ2) is 7.56. The predicted octanol–water partition coefficient (Wildman–Crippen LogP) is 3.73. The number of hydrogen-bond donors (Lipinski definition) is 1. The third-order valence-corrected chi connectivity index (χ3v) is 4.00. The van der Waals surface area contributed by atoms with Gasteiger partial charge in [-0.25, -0.2) is 0 Å². The molecule has 102 valence electrons. The fourth-order valence-electron chi connectivity index (χ4n) is 2.40. The van der Waals surface area contributed by atoms with Crippen LogP contribution in [0, 0.1) is 0 Å². The molecule has 18 heavy (non-hydrogen) atoms. The summed E-state index contributed by atoms with van der Waals surface area (Å²) in [5.74, 6) is 0. The van der Waals surface area contributed by atoms with Crippen molar-refractivity contribution in [2.75, 3.05) is 13.1 Å². The van der Waals surface area contributed by atoms with E-state index in [1.54, 1.807) is 6.07 Å². The highest BCUT2D eigenvalue weighted by Gasteiger charge is 2.21. The van der Waals surface area contributed by atoms with Gasteiger partial charge in [0.05, 0.1) is 0 Å². The minimum absolute atomic E-state index is 0. The van der Waals surface area contributed by atoms with Crippen LogP contribution in [0.3, 0.4) is 0 Å². The summed E-state index contributed by atoms with van der Waals surface area (Å²) < 4.78 is 0. The summed E-state index contributed by atoms with van der Waals surface area (Å²) in [7, 11) is 0. The van der Waals surface area contributed by atoms with E-state index in [0.29, 0.717) is 11.1 Å². The first-order chi connectivity index (χ1) is 8.20. The van der Waals surface area contributed by atoms with Crippen LogP contribution in [0.1, 0.15) is 24.8 Å². The van der Waals surface area contributed by atoms with E-state index in [-0.39, 0.29) is 12.4 Å². The molecule has 1 fully saturated rings. The van der Waals surface area contributed by atoms with E-state index in [1.807, 2.05) is 12.1 Å². The van der Waals surface area contributed by atoms with Gasteiger partial charge in [-0.05, 0) is 37.1 Å². The largest absolute Gasteiger partial charge is 0.329 e. The number of benzene rings is 1. The van der Waals surface area contributed by atoms with Gasteiger partial charge in [-0.15, -0.1) is 12.4 Å². The molecule has 1 aliphatic rings. The van der Waals surface area contributed by atoms with Crippen molar-refractivity contribution in [1.82, 2.24) is 4.90 Å². The summed E-state index contributed by atoms with van der Waals surface area (Å²) >= 11 is 12.1. The molecule has 0 spiro atoms. The Morgan fingerprint density at radius 2 is 2.06 bits per heavy atom. The first kappa shape index (κ1) is 16.1. The van der Waals surface area contributed by atoms with E-state index in [9.17, 15) is 0 Å². The third kappa shape index (κ3) is 4.01. The van der Waals surface area contributed by atoms with Gasteiger partial charge >= 0.3 is 0 Å². The molecular weight excluding hydrogens is 291 g/mol. The second-order valence-electron chi connectivity index (χ2n) is 4.59. The van der Waals surface area contributed by atoms with E-state index in [4.69, 9.17) is 28.9 Å². The van der Waals surface area contributed by atoms with Crippen molar-refractivity contribution >= 4 is 35.6 Å². The number of hydrogen-bond acceptors (Lipinski definition) is 2. The molecule has 0 radical (unpaired) electrons. The maximum absolute atomic E-state index is 6.20. The van der Waals surface area contributed by atoms with Crippen LogP contribution in [0.2, 0.25) is 10.0 Å². The van der Waals surface area contributed by atoms with Gasteiger partial charge in [0.2, 0.25) is 0 Å². The summed E-state index contributed by atoms with van der Waals surface area (Å²) in [4.78, 5) is 2.43. The fourth-order valence-corrected chi connectivity index (χ4v) is 2.87. The van der Waals surface area contributed by atoms with E-state index in [0.717, 1.165) is 30.2 Å². The molecule has 0 amide bonds. The van der Waals surface area contributed by atoms with E-state index in [1.165, 1.54) is 19.3 Å². The molecule has 0 bridgehead atoms. The molecule has 2 nitrogen and oxygen atoms in total. The lowest BCUT2D eigenvalue weighted by molar-refractivity contribution is 0.145. The van der Waals surface area contributed by atoms with Gasteiger partial charge in [0, 0.05) is 29.2 Å². The Labute approximate surface area is 125 Å². The molecule has 1 aromatic rings. The van der Waals surface area contributed by atoms with Crippen molar-refractivity contribution in [3.05, 3.63) is 33.8 Å². The maximum Gasteiger partial charge on any atom is 0.0465 e. The molecule has 1 saturated heterocycles. The average molecular weight is 310 g/mol. The van der Waals surface area contributed by atoms with Crippen molar-refractivity contribution in [3.8, 4) is 0 Å². The lowest BCUT2D eigenvalue weighted by atomic mass is 10.0. The Kier molecular flexibility index (Phi) is 6.75. The van der Waals surface area contributed by atoms with Crippen LogP contribution >= 0.6 is 35.6 Å². The average Bonchev–Trinajstić information content (AvgIpc) is 2.33. The lowest BCUT2D eigenvalue weighted by Gasteiger charge is -2.35. The molecule has 5 heteroatoms. The van der Waals surface area contributed by atoms with Crippen molar-refractivity contribution < 1.29 is 0 Å². The maximum atomic E-state index is 6.20. The van der Waals surface area contributed by atoms with Crippen molar-refractivity contribution in [3.63, 3.8) is 0 Å². The quantitative estimate of drug-likeness (QED) is 0.922. The summed E-state index contributed by atoms with van der Waals surface area (Å²) in [6, 6.07) is 6.20. The third-order valence-electron chi connectivity index (χ3n) is 3.41. The van der Waals surface area contributed by atoms with Crippen molar-refractivity contribution in [2.24, 2.45) is 5.73 Å². The molecular formula is C13H19Cl3N2. The molecule has 2 N–H and O–H groups in total. The van der Waals surface area contributed by atoms with Crippen LogP contribution in [0.25, 0.3) is 0 Å². The minimum atomic E-state index is 0. The Morgan fingerprint density at radius 3 is 2.72 bits per heavy atom. The van der Waals surface area contributed by atoms with Crippen LogP contribution in [0.15, 0.2) is 18.2 Å². The predicted molar refractivity (Wildman–Crippen MR) is 80.8 cm³/mol. The minimum Gasteiger partial charge on any atom is -0.329 e. The molecule has 1 aromatic carbocycles. The molecule has 0 saturated carbocycles. The fraction of sp³-hybridized carbons (Fsp3) is 0.538. The highest BCUT2D eigenvalue weighted by atomic mass is 35.5. The monoisotopic (exact) mass is 308 g/mol. The van der Waals surface area contributed by atoms with Crippen molar-refractivity contribution in [1.29, 1.82) is 0 Å². The Morgan fingerprint density at radius 1 is 1.28 bits per heavy atom. The zero-order valence-corrected chi connectivity index (χ0v) is 12.6. The highest BCUT2D eigenvalue weighted by molar-refractivity contribution is 6.35. The van der Waals surface area contributed by atoms with Gasteiger partial charge < -0.3 is 5.73 Å². The molecule has 1 atom stereocenters. The van der Waals surface area contributed by atoms with Gasteiger partial charge in [0.1, 0.15) is 0 Å². The zero-order valence-electron chi connectivity index (χ0n) is 10.2. The summed E-state index contributed by atoms with van der Waals surface area (Å²) in [6.45, 7) is 2.71. The van der Waals surface area contributed by atoms with Crippen LogP contribution in [0.5, 0.6) is 0 Å². The number of nitrogens with zero attached hydrogens (tertiary/aromatic N) is 1. The normalized spacial score (nSPS) is 20.5. The smallest absolute Gasteiger partial charge is 0.0465 e. The Bertz CT molecular complexity index is 384. The highest BCUT2D eigenvalue weighted by Crippen LogP contribution is 2.25. The van der Waals surface area contributed by atoms with Crippen LogP contribution < -0.4 is 5.73 Å². The van der Waals surface area contributed by atoms with Crippen molar-refractivity contribution in [2.45, 2.75) is 31.8 Å². The first-order valence-electron chi connectivity index (χ1n) is 6.08. The van der Waals surface area contributed by atoms with Crippen LogP contribution in [0.4, 0.5) is 0 Å². The van der Waals surface area contributed by atoms with E-state index in [2.05, 4.69) is 4.90 Å². The number of likely N-dealkylation sites (tertiary alicyclic amines) is 1. The zero-order chi connectivity index (χ0) is 12.3. The van der Waals surface area contributed by atoms with Gasteiger partial charge in [-0.3, -0.25) is 4.90 Å². The molecule has 1 heterocycles. The molecule has 0 aliphatic carbocycles. The molecule has 2 rings (SSSR count). The standard InChI is InChI=1S/C13H18Cl2N2.ClH/c14-11-5-4-10(13(15)7-11)9-17-6-2-1-3-12(17)8-16;/h4-5,7,12H,1-3,6,8-9,16H2;1H. The first-order valence-corrected chi connectivity index (χ1v) is 6.84. The second-order valence-corrected chi connectivity index (χ2v) is 5.44. The van der Waals surface area contributed by atoms with E-state index < -0.39 is 0 Å². The van der Waals surface area contributed by atoms with Gasteiger partial charge in [-0.2, -0.15) is 0 Å². The van der Waals surface area contributed by atoms with Gasteiger partial charge in [0.25, 0.3) is 0 Å². The number of rotatable bonds is 3. The molecule has 0 aromatic heterocycles. The number of nitrogens with two attached hydrogens (primary N) is 1. The van der Waals surface area contributed by atoms with Crippen LogP contribution in [-0.4, -0.2) is 24.0 Å². The molecule has 1 unspecified atom stereocenters. The molecule has 1 aliphatic heterocycles. The van der Waals surface area contributed by atoms with Crippen LogP contribution in [-0.2, 0) is 6.54 Å².